The average molecular weight is 439 g/mol. The molecule has 0 radical (unpaired) electrons. The summed E-state index contributed by atoms with van der Waals surface area (Å²) in [5.74, 6) is -2.96. The van der Waals surface area contributed by atoms with Gasteiger partial charge in [-0.1, -0.05) is 13.3 Å². The Bertz CT molecular complexity index is 884. The van der Waals surface area contributed by atoms with Crippen LogP contribution in [0.25, 0.3) is 0 Å². The smallest absolute Gasteiger partial charge is 0.311 e. The second-order valence-corrected chi connectivity index (χ2v) is 7.34. The summed E-state index contributed by atoms with van der Waals surface area (Å²) in [7, 11) is 0. The van der Waals surface area contributed by atoms with Gasteiger partial charge in [-0.3, -0.25) is 14.4 Å². The lowest BCUT2D eigenvalue weighted by atomic mass is 10.1. The number of hydrogen-bond donors (Lipinski definition) is 2. The molecule has 0 fully saturated rings. The predicted molar refractivity (Wildman–Crippen MR) is 108 cm³/mol. The van der Waals surface area contributed by atoms with Gasteiger partial charge in [-0.05, 0) is 31.0 Å². The minimum Gasteiger partial charge on any atom is -0.466 e. The first kappa shape index (κ1) is 23.4. The first-order chi connectivity index (χ1) is 14.3. The number of nitrogens with zero attached hydrogens (tertiary/aromatic N) is 1. The van der Waals surface area contributed by atoms with Gasteiger partial charge >= 0.3 is 5.97 Å². The first-order valence-electron chi connectivity index (χ1n) is 9.45. The Morgan fingerprint density at radius 3 is 2.47 bits per heavy atom. The van der Waals surface area contributed by atoms with E-state index in [0.717, 1.165) is 29.5 Å². The van der Waals surface area contributed by atoms with E-state index in [1.165, 1.54) is 0 Å². The number of carbonyl (C=O) groups excluding carboxylic acids is 3. The molecule has 0 saturated heterocycles. The molecule has 162 valence electrons. The molecule has 0 spiro atoms. The van der Waals surface area contributed by atoms with Crippen LogP contribution in [0.3, 0.4) is 0 Å². The summed E-state index contributed by atoms with van der Waals surface area (Å²) in [6.45, 7) is 3.83. The highest BCUT2D eigenvalue weighted by Gasteiger charge is 2.21. The lowest BCUT2D eigenvalue weighted by Gasteiger charge is -2.17. The zero-order chi connectivity index (χ0) is 22.1. The Morgan fingerprint density at radius 2 is 1.83 bits per heavy atom. The Hall–Kier alpha value is -2.88. The van der Waals surface area contributed by atoms with E-state index in [2.05, 4.69) is 15.6 Å². The van der Waals surface area contributed by atoms with Crippen molar-refractivity contribution in [2.24, 2.45) is 0 Å². The van der Waals surface area contributed by atoms with E-state index < -0.39 is 35.5 Å². The van der Waals surface area contributed by atoms with Gasteiger partial charge in [0.1, 0.15) is 17.7 Å². The molecule has 0 bridgehead atoms. The fourth-order valence-corrected chi connectivity index (χ4v) is 3.41. The largest absolute Gasteiger partial charge is 0.466 e. The highest BCUT2D eigenvalue weighted by molar-refractivity contribution is 7.13. The number of halogens is 2. The summed E-state index contributed by atoms with van der Waals surface area (Å²) in [6.07, 6.45) is 0.734. The van der Waals surface area contributed by atoms with Crippen LogP contribution in [0.2, 0.25) is 0 Å². The summed E-state index contributed by atoms with van der Waals surface area (Å²) in [5.41, 5.74) is 0.641. The number of carbonyl (C=O) groups is 3. The summed E-state index contributed by atoms with van der Waals surface area (Å²) >= 11 is 1.15. The van der Waals surface area contributed by atoms with E-state index in [0.29, 0.717) is 23.7 Å². The van der Waals surface area contributed by atoms with Crippen molar-refractivity contribution in [2.45, 2.75) is 45.6 Å². The molecule has 2 rings (SSSR count). The van der Waals surface area contributed by atoms with Crippen molar-refractivity contribution in [1.82, 2.24) is 10.3 Å². The third kappa shape index (κ3) is 7.51. The molecule has 2 amide bonds. The van der Waals surface area contributed by atoms with Gasteiger partial charge in [0.25, 0.3) is 0 Å². The molecule has 0 aliphatic carbocycles. The van der Waals surface area contributed by atoms with Gasteiger partial charge in [0.15, 0.2) is 5.13 Å². The third-order valence-electron chi connectivity index (χ3n) is 3.93. The van der Waals surface area contributed by atoms with Crippen LogP contribution in [0.4, 0.5) is 13.9 Å². The number of ether oxygens (including phenoxy) is 1. The van der Waals surface area contributed by atoms with Crippen LogP contribution < -0.4 is 10.6 Å². The number of hydrogen-bond acceptors (Lipinski definition) is 6. The van der Waals surface area contributed by atoms with Crippen molar-refractivity contribution in [2.75, 3.05) is 11.9 Å². The number of benzene rings is 1. The quantitative estimate of drug-likeness (QED) is 0.555. The van der Waals surface area contributed by atoms with Crippen LogP contribution in [0.5, 0.6) is 0 Å². The fourth-order valence-electron chi connectivity index (χ4n) is 2.70. The van der Waals surface area contributed by atoms with Gasteiger partial charge in [0.2, 0.25) is 11.8 Å². The minimum atomic E-state index is -0.835. The van der Waals surface area contributed by atoms with Crippen LogP contribution in [0, 0.1) is 11.6 Å². The van der Waals surface area contributed by atoms with Crippen LogP contribution in [-0.4, -0.2) is 35.4 Å². The van der Waals surface area contributed by atoms with E-state index in [4.69, 9.17) is 4.74 Å². The highest BCUT2D eigenvalue weighted by atomic mass is 32.1. The molecule has 0 aliphatic rings. The molecule has 2 aromatic rings. The number of esters is 1. The monoisotopic (exact) mass is 439 g/mol. The van der Waals surface area contributed by atoms with Crippen molar-refractivity contribution < 1.29 is 27.9 Å². The normalized spacial score (nSPS) is 11.6. The summed E-state index contributed by atoms with van der Waals surface area (Å²) in [4.78, 5) is 40.5. The van der Waals surface area contributed by atoms with Crippen molar-refractivity contribution in [3.05, 3.63) is 46.5 Å². The molecule has 0 aliphatic heterocycles. The number of nitrogens with one attached hydrogen (secondary N) is 2. The Labute approximate surface area is 176 Å². The van der Waals surface area contributed by atoms with Crippen molar-refractivity contribution >= 4 is 34.3 Å². The molecule has 1 atom stereocenters. The van der Waals surface area contributed by atoms with E-state index in [9.17, 15) is 23.2 Å². The molecular formula is C20H23F2N3O4S. The molecule has 0 saturated carbocycles. The lowest BCUT2D eigenvalue weighted by molar-refractivity contribution is -0.142. The minimum absolute atomic E-state index is 0.000466. The van der Waals surface area contributed by atoms with E-state index in [-0.39, 0.29) is 25.0 Å². The van der Waals surface area contributed by atoms with Gasteiger partial charge in [0.05, 0.1) is 25.1 Å². The van der Waals surface area contributed by atoms with Gasteiger partial charge in [-0.25, -0.2) is 13.8 Å². The number of rotatable bonds is 10. The van der Waals surface area contributed by atoms with Crippen LogP contribution in [0.1, 0.15) is 37.9 Å². The van der Waals surface area contributed by atoms with E-state index in [1.807, 2.05) is 6.92 Å². The molecule has 10 heteroatoms. The summed E-state index contributed by atoms with van der Waals surface area (Å²) in [5, 5.41) is 7.14. The van der Waals surface area contributed by atoms with Crippen molar-refractivity contribution in [3.8, 4) is 0 Å². The topological polar surface area (TPSA) is 97.4 Å². The lowest BCUT2D eigenvalue weighted by Crippen LogP contribution is -2.44. The molecule has 1 aromatic carbocycles. The predicted octanol–water partition coefficient (Wildman–Crippen LogP) is 2.99. The Morgan fingerprint density at radius 1 is 1.13 bits per heavy atom. The van der Waals surface area contributed by atoms with Gasteiger partial charge in [-0.15, -0.1) is 11.3 Å². The number of amides is 2. The maximum atomic E-state index is 13.3. The first-order valence-corrected chi connectivity index (χ1v) is 10.3. The second kappa shape index (κ2) is 11.3. The van der Waals surface area contributed by atoms with E-state index >= 15 is 0 Å². The van der Waals surface area contributed by atoms with Gasteiger partial charge in [-0.2, -0.15) is 0 Å². The fraction of sp³-hybridized carbons (Fsp3) is 0.400. The summed E-state index contributed by atoms with van der Waals surface area (Å²) in [6, 6.07) is 2.02. The Kier molecular flexibility index (Phi) is 8.85. The number of anilines is 1. The van der Waals surface area contributed by atoms with E-state index in [1.54, 1.807) is 12.3 Å². The average Bonchev–Trinajstić information content (AvgIpc) is 3.07. The van der Waals surface area contributed by atoms with Gasteiger partial charge in [0, 0.05) is 11.4 Å². The standard InChI is InChI=1S/C20H23F2N3O4S/c1-3-5-16(24-17(26)8-12-6-13(21)9-14(22)7-12)19(28)25-20-23-15(11-30-20)10-18(27)29-4-2/h6-7,9,11,16H,3-5,8,10H2,1-2H3,(H,24,26)(H,23,25,28). The molecule has 1 unspecified atom stereocenters. The molecule has 1 heterocycles. The number of aromatic nitrogens is 1. The van der Waals surface area contributed by atoms with Crippen LogP contribution >= 0.6 is 11.3 Å². The van der Waals surface area contributed by atoms with Crippen molar-refractivity contribution in [3.63, 3.8) is 0 Å². The Balaban J connectivity index is 1.96. The second-order valence-electron chi connectivity index (χ2n) is 6.48. The zero-order valence-electron chi connectivity index (χ0n) is 16.7. The van der Waals surface area contributed by atoms with Crippen molar-refractivity contribution in [1.29, 1.82) is 0 Å². The SMILES string of the molecule is CCCC(NC(=O)Cc1cc(F)cc(F)c1)C(=O)Nc1nc(CC(=O)OCC)cs1. The molecule has 7 nitrogen and oxygen atoms in total. The van der Waals surface area contributed by atoms with Crippen LogP contribution in [-0.2, 0) is 32.0 Å². The van der Waals surface area contributed by atoms with Gasteiger partial charge < -0.3 is 15.4 Å². The molecular weight excluding hydrogens is 416 g/mol. The third-order valence-corrected chi connectivity index (χ3v) is 4.74. The zero-order valence-corrected chi connectivity index (χ0v) is 17.5. The van der Waals surface area contributed by atoms with Crippen LogP contribution in [0.15, 0.2) is 23.6 Å². The number of thiazole rings is 1. The molecule has 2 N–H and O–H groups in total. The maximum absolute atomic E-state index is 13.3. The maximum Gasteiger partial charge on any atom is 0.311 e. The molecule has 30 heavy (non-hydrogen) atoms. The molecule has 1 aromatic heterocycles. The summed E-state index contributed by atoms with van der Waals surface area (Å²) < 4.78 is 31.4. The highest BCUT2D eigenvalue weighted by Crippen LogP contribution is 2.17.